The zero-order valence-corrected chi connectivity index (χ0v) is 40.0. The highest BCUT2D eigenvalue weighted by molar-refractivity contribution is 5.71. The molecule has 6 nitrogen and oxygen atoms in total. The topological polar surface area (TPSA) is 78.9 Å². The monoisotopic (exact) mass is 869 g/mol. The lowest BCUT2D eigenvalue weighted by atomic mass is 10.1. The molecule has 0 spiro atoms. The van der Waals surface area contributed by atoms with Crippen LogP contribution in [0.5, 0.6) is 0 Å². The van der Waals surface area contributed by atoms with E-state index in [1.165, 1.54) is 25.7 Å². The van der Waals surface area contributed by atoms with E-state index >= 15 is 0 Å². The lowest BCUT2D eigenvalue weighted by Crippen LogP contribution is -2.30. The first-order valence-corrected chi connectivity index (χ1v) is 24.7. The number of hydrogen-bond donors (Lipinski definition) is 0. The van der Waals surface area contributed by atoms with Gasteiger partial charge in [0.15, 0.2) is 6.10 Å². The van der Waals surface area contributed by atoms with Gasteiger partial charge in [0, 0.05) is 19.3 Å². The van der Waals surface area contributed by atoms with Crippen LogP contribution in [0.2, 0.25) is 0 Å². The van der Waals surface area contributed by atoms with Crippen molar-refractivity contribution in [1.29, 1.82) is 0 Å². The lowest BCUT2D eigenvalue weighted by molar-refractivity contribution is -0.167. The molecule has 0 bridgehead atoms. The fourth-order valence-corrected chi connectivity index (χ4v) is 5.96. The number of hydrogen-bond acceptors (Lipinski definition) is 6. The molecule has 0 aliphatic rings. The van der Waals surface area contributed by atoms with Gasteiger partial charge in [0.25, 0.3) is 0 Å². The van der Waals surface area contributed by atoms with Crippen LogP contribution >= 0.6 is 0 Å². The Kier molecular flexibility index (Phi) is 46.7. The molecular formula is C57H88O6. The van der Waals surface area contributed by atoms with Crippen molar-refractivity contribution in [3.8, 4) is 0 Å². The van der Waals surface area contributed by atoms with Gasteiger partial charge in [-0.3, -0.25) is 14.4 Å². The van der Waals surface area contributed by atoms with E-state index in [2.05, 4.69) is 154 Å². The highest BCUT2D eigenvalue weighted by atomic mass is 16.6. The normalized spacial score (nSPS) is 13.3. The van der Waals surface area contributed by atoms with Gasteiger partial charge in [-0.1, -0.05) is 187 Å². The third kappa shape index (κ3) is 48.4. The molecule has 1 atom stereocenters. The van der Waals surface area contributed by atoms with Crippen LogP contribution in [-0.4, -0.2) is 37.2 Å². The molecule has 0 heterocycles. The van der Waals surface area contributed by atoms with Gasteiger partial charge in [-0.2, -0.15) is 0 Å². The first kappa shape index (κ1) is 58.6. The van der Waals surface area contributed by atoms with Gasteiger partial charge in [0.05, 0.1) is 0 Å². The number of carbonyl (C=O) groups is 3. The second kappa shape index (κ2) is 50.2. The van der Waals surface area contributed by atoms with Crippen molar-refractivity contribution in [2.45, 2.75) is 194 Å². The van der Waals surface area contributed by atoms with Crippen LogP contribution in [0, 0.1) is 0 Å². The molecule has 0 fully saturated rings. The Hall–Kier alpha value is -4.45. The van der Waals surface area contributed by atoms with Crippen molar-refractivity contribution >= 4 is 17.9 Å². The fraction of sp³-hybridized carbons (Fsp3) is 0.561. The first-order valence-electron chi connectivity index (χ1n) is 24.7. The predicted molar refractivity (Wildman–Crippen MR) is 269 cm³/mol. The minimum Gasteiger partial charge on any atom is -0.462 e. The average molecular weight is 869 g/mol. The summed E-state index contributed by atoms with van der Waals surface area (Å²) in [7, 11) is 0. The summed E-state index contributed by atoms with van der Waals surface area (Å²) in [5.74, 6) is -1.07. The van der Waals surface area contributed by atoms with E-state index in [0.29, 0.717) is 19.3 Å². The van der Waals surface area contributed by atoms with Gasteiger partial charge < -0.3 is 14.2 Å². The smallest absolute Gasteiger partial charge is 0.306 e. The summed E-state index contributed by atoms with van der Waals surface area (Å²) in [6, 6.07) is 0. The third-order valence-electron chi connectivity index (χ3n) is 9.62. The number of esters is 3. The summed E-state index contributed by atoms with van der Waals surface area (Å²) in [6.45, 7) is 6.23. The van der Waals surface area contributed by atoms with Crippen LogP contribution in [0.1, 0.15) is 188 Å². The lowest BCUT2D eigenvalue weighted by Gasteiger charge is -2.18. The van der Waals surface area contributed by atoms with Crippen molar-refractivity contribution < 1.29 is 28.6 Å². The minimum absolute atomic E-state index is 0.128. The maximum Gasteiger partial charge on any atom is 0.306 e. The van der Waals surface area contributed by atoms with Crippen LogP contribution in [0.3, 0.4) is 0 Å². The summed E-state index contributed by atoms with van der Waals surface area (Å²) in [5, 5.41) is 0. The third-order valence-corrected chi connectivity index (χ3v) is 9.62. The van der Waals surface area contributed by atoms with Gasteiger partial charge in [-0.15, -0.1) is 0 Å². The highest BCUT2D eigenvalue weighted by Crippen LogP contribution is 2.11. The SMILES string of the molecule is CC/C=C\C/C=C\C/C=C\C/C=C\C/C=C\CCCC(=O)OC[C@@H](COC(=O)CCCCCCC/C=C\CCCC)OC(=O)CCC/C=C\C/C=C\C/C=C\C/C=C\C/C=C\CC. The van der Waals surface area contributed by atoms with Crippen LogP contribution in [0.25, 0.3) is 0 Å². The Bertz CT molecular complexity index is 1420. The number of carbonyl (C=O) groups excluding carboxylic acids is 3. The maximum absolute atomic E-state index is 12.8. The Morgan fingerprint density at radius 1 is 0.333 bits per heavy atom. The molecule has 0 aromatic rings. The summed E-state index contributed by atoms with van der Waals surface area (Å²) in [4.78, 5) is 37.9. The summed E-state index contributed by atoms with van der Waals surface area (Å²) < 4.78 is 16.6. The Morgan fingerprint density at radius 3 is 1.05 bits per heavy atom. The number of ether oxygens (including phenoxy) is 3. The van der Waals surface area contributed by atoms with Crippen LogP contribution in [0.15, 0.2) is 134 Å². The molecule has 0 aliphatic carbocycles. The number of allylic oxidation sites excluding steroid dienone is 22. The Balaban J connectivity index is 4.60. The van der Waals surface area contributed by atoms with Gasteiger partial charge in [0.1, 0.15) is 13.2 Å². The quantitative estimate of drug-likeness (QED) is 0.0263. The van der Waals surface area contributed by atoms with Gasteiger partial charge >= 0.3 is 17.9 Å². The van der Waals surface area contributed by atoms with E-state index in [0.717, 1.165) is 109 Å². The molecule has 6 heteroatoms. The number of rotatable bonds is 42. The standard InChI is InChI=1S/C57H88O6/c1-4-7-10-13-16-19-22-24-26-28-30-32-35-38-41-44-47-50-56(59)62-53-54(52-61-55(58)49-46-43-40-37-34-21-18-15-12-9-6-3)63-57(60)51-48-45-42-39-36-33-31-29-27-25-23-20-17-14-11-8-5-2/h7-8,10-11,15-20,24-27,30-33,38-39,41-42,54H,4-6,9,12-14,21-23,28-29,34-37,40,43-53H2,1-3H3/b10-7-,11-8-,18-15-,19-16-,20-17-,26-24-,27-25-,32-30-,33-31-,41-38-,42-39-/t54-/m1/s1. The second-order valence-corrected chi connectivity index (χ2v) is 15.6. The van der Waals surface area contributed by atoms with Crippen LogP contribution in [-0.2, 0) is 28.6 Å². The molecule has 0 unspecified atom stereocenters. The predicted octanol–water partition coefficient (Wildman–Crippen LogP) is 16.3. The largest absolute Gasteiger partial charge is 0.462 e. The number of unbranched alkanes of at least 4 members (excludes halogenated alkanes) is 9. The molecule has 352 valence electrons. The molecular weight excluding hydrogens is 781 g/mol. The molecule has 0 saturated carbocycles. The van der Waals surface area contributed by atoms with Gasteiger partial charge in [0.2, 0.25) is 0 Å². The molecule has 0 radical (unpaired) electrons. The minimum atomic E-state index is -0.838. The van der Waals surface area contributed by atoms with E-state index in [-0.39, 0.29) is 38.0 Å². The van der Waals surface area contributed by atoms with Crippen molar-refractivity contribution in [2.24, 2.45) is 0 Å². The molecule has 0 aromatic carbocycles. The molecule has 0 amide bonds. The van der Waals surface area contributed by atoms with E-state index in [1.54, 1.807) is 0 Å². The van der Waals surface area contributed by atoms with Gasteiger partial charge in [-0.05, 0) is 116 Å². The van der Waals surface area contributed by atoms with Crippen molar-refractivity contribution in [3.05, 3.63) is 134 Å². The summed E-state index contributed by atoms with van der Waals surface area (Å²) in [6.07, 6.45) is 70.2. The first-order chi connectivity index (χ1) is 31.0. The molecule has 0 saturated heterocycles. The average Bonchev–Trinajstić information content (AvgIpc) is 3.28. The molecule has 63 heavy (non-hydrogen) atoms. The van der Waals surface area contributed by atoms with Crippen molar-refractivity contribution in [1.82, 2.24) is 0 Å². The van der Waals surface area contributed by atoms with E-state index < -0.39 is 12.1 Å². The molecule has 0 rings (SSSR count). The Labute approximate surface area is 385 Å². The Morgan fingerprint density at radius 2 is 0.635 bits per heavy atom. The second-order valence-electron chi connectivity index (χ2n) is 15.6. The van der Waals surface area contributed by atoms with Crippen LogP contribution in [0.4, 0.5) is 0 Å². The summed E-state index contributed by atoms with van der Waals surface area (Å²) >= 11 is 0. The van der Waals surface area contributed by atoms with Crippen molar-refractivity contribution in [2.75, 3.05) is 13.2 Å². The van der Waals surface area contributed by atoms with E-state index in [9.17, 15) is 14.4 Å². The summed E-state index contributed by atoms with van der Waals surface area (Å²) in [5.41, 5.74) is 0. The highest BCUT2D eigenvalue weighted by Gasteiger charge is 2.19. The van der Waals surface area contributed by atoms with E-state index in [4.69, 9.17) is 14.2 Å². The maximum atomic E-state index is 12.8. The zero-order chi connectivity index (χ0) is 45.8. The zero-order valence-electron chi connectivity index (χ0n) is 40.0. The van der Waals surface area contributed by atoms with Gasteiger partial charge in [-0.25, -0.2) is 0 Å². The molecule has 0 aliphatic heterocycles. The molecule has 0 aromatic heterocycles. The van der Waals surface area contributed by atoms with Crippen LogP contribution < -0.4 is 0 Å². The van der Waals surface area contributed by atoms with E-state index in [1.807, 2.05) is 0 Å². The fourth-order valence-electron chi connectivity index (χ4n) is 5.96. The van der Waals surface area contributed by atoms with Crippen molar-refractivity contribution in [3.63, 3.8) is 0 Å². The molecule has 0 N–H and O–H groups in total.